The van der Waals surface area contributed by atoms with E-state index in [0.29, 0.717) is 5.69 Å². The maximum atomic E-state index is 12.8. The molecule has 0 spiro atoms. The topological polar surface area (TPSA) is 102 Å². The minimum absolute atomic E-state index is 0.132. The van der Waals surface area contributed by atoms with Crippen LogP contribution in [0.2, 0.25) is 0 Å². The predicted octanol–water partition coefficient (Wildman–Crippen LogP) is 3.21. The van der Waals surface area contributed by atoms with E-state index in [9.17, 15) is 4.79 Å². The molecule has 2 aromatic rings. The van der Waals surface area contributed by atoms with Gasteiger partial charge in [0, 0.05) is 11.6 Å². The van der Waals surface area contributed by atoms with Gasteiger partial charge in [-0.25, -0.2) is 4.99 Å². The second kappa shape index (κ2) is 9.51. The van der Waals surface area contributed by atoms with Gasteiger partial charge in [-0.3, -0.25) is 15.1 Å². The summed E-state index contributed by atoms with van der Waals surface area (Å²) in [7, 11) is 0. The summed E-state index contributed by atoms with van der Waals surface area (Å²) in [6.07, 6.45) is 4.60. The SMILES string of the molecule is CC(C(=O)NC(/N=C(\NC#N)Nc1cccnc1)C(C)(C)C)c1ccccc1. The van der Waals surface area contributed by atoms with Crippen molar-refractivity contribution < 1.29 is 4.79 Å². The number of rotatable bonds is 5. The van der Waals surface area contributed by atoms with E-state index in [0.717, 1.165) is 5.56 Å². The summed E-state index contributed by atoms with van der Waals surface area (Å²) in [5, 5.41) is 17.6. The number of aromatic nitrogens is 1. The lowest BCUT2D eigenvalue weighted by molar-refractivity contribution is -0.123. The second-order valence-corrected chi connectivity index (χ2v) is 7.49. The molecule has 7 nitrogen and oxygen atoms in total. The summed E-state index contributed by atoms with van der Waals surface area (Å²) < 4.78 is 0. The number of anilines is 1. The van der Waals surface area contributed by atoms with Crippen molar-refractivity contribution >= 4 is 17.6 Å². The van der Waals surface area contributed by atoms with Gasteiger partial charge in [0.1, 0.15) is 6.17 Å². The van der Waals surface area contributed by atoms with Crippen LogP contribution < -0.4 is 16.0 Å². The molecule has 1 aromatic carbocycles. The van der Waals surface area contributed by atoms with Crippen molar-refractivity contribution in [3.05, 3.63) is 60.4 Å². The Hall–Kier alpha value is -3.40. The summed E-state index contributed by atoms with van der Waals surface area (Å²) in [4.78, 5) is 21.4. The monoisotopic (exact) mass is 378 g/mol. The fraction of sp³-hybridized carbons (Fsp3) is 0.333. The highest BCUT2D eigenvalue weighted by atomic mass is 16.2. The van der Waals surface area contributed by atoms with E-state index in [-0.39, 0.29) is 23.2 Å². The third-order valence-electron chi connectivity index (χ3n) is 4.15. The van der Waals surface area contributed by atoms with Crippen LogP contribution in [0.4, 0.5) is 5.69 Å². The Labute approximate surface area is 165 Å². The average Bonchev–Trinajstić information content (AvgIpc) is 2.67. The van der Waals surface area contributed by atoms with Gasteiger partial charge in [-0.15, -0.1) is 0 Å². The van der Waals surface area contributed by atoms with E-state index in [4.69, 9.17) is 5.26 Å². The number of guanidine groups is 1. The number of amides is 1. The molecule has 2 unspecified atom stereocenters. The van der Waals surface area contributed by atoms with Gasteiger partial charge in [0.15, 0.2) is 6.19 Å². The lowest BCUT2D eigenvalue weighted by Crippen LogP contribution is -2.46. The van der Waals surface area contributed by atoms with Gasteiger partial charge in [0.05, 0.1) is 17.8 Å². The normalized spacial score (nSPS) is 13.8. The molecule has 0 bridgehead atoms. The zero-order chi connectivity index (χ0) is 20.6. The molecule has 0 aliphatic carbocycles. The molecule has 0 radical (unpaired) electrons. The lowest BCUT2D eigenvalue weighted by Gasteiger charge is -2.30. The Morgan fingerprint density at radius 2 is 1.89 bits per heavy atom. The molecule has 2 rings (SSSR count). The number of benzene rings is 1. The van der Waals surface area contributed by atoms with Crippen molar-refractivity contribution in [2.24, 2.45) is 10.4 Å². The van der Waals surface area contributed by atoms with Gasteiger partial charge < -0.3 is 10.6 Å². The number of nitriles is 1. The third kappa shape index (κ3) is 6.09. The maximum absolute atomic E-state index is 12.8. The van der Waals surface area contributed by atoms with Crippen LogP contribution in [0, 0.1) is 16.9 Å². The number of pyridine rings is 1. The van der Waals surface area contributed by atoms with Crippen molar-refractivity contribution in [3.8, 4) is 6.19 Å². The van der Waals surface area contributed by atoms with Crippen molar-refractivity contribution in [3.63, 3.8) is 0 Å². The number of nitrogens with zero attached hydrogens (tertiary/aromatic N) is 3. The Kier molecular flexibility index (Phi) is 7.10. The molecule has 3 N–H and O–H groups in total. The molecule has 1 aromatic heterocycles. The Balaban J connectivity index is 2.22. The molecule has 0 aliphatic heterocycles. The van der Waals surface area contributed by atoms with Gasteiger partial charge in [0.25, 0.3) is 0 Å². The first kappa shape index (κ1) is 20.9. The predicted molar refractivity (Wildman–Crippen MR) is 110 cm³/mol. The molecule has 1 amide bonds. The fourth-order valence-corrected chi connectivity index (χ4v) is 2.45. The smallest absolute Gasteiger partial charge is 0.228 e. The highest BCUT2D eigenvalue weighted by Gasteiger charge is 2.28. The summed E-state index contributed by atoms with van der Waals surface area (Å²) in [6, 6.07) is 13.2. The summed E-state index contributed by atoms with van der Waals surface area (Å²) >= 11 is 0. The first-order valence-electron chi connectivity index (χ1n) is 9.06. The highest BCUT2D eigenvalue weighted by molar-refractivity contribution is 5.94. The van der Waals surface area contributed by atoms with E-state index in [1.165, 1.54) is 0 Å². The molecule has 2 atom stereocenters. The first-order chi connectivity index (χ1) is 13.3. The maximum Gasteiger partial charge on any atom is 0.228 e. The number of aliphatic imine (C=N–C) groups is 1. The van der Waals surface area contributed by atoms with E-state index in [1.54, 1.807) is 18.5 Å². The van der Waals surface area contributed by atoms with Crippen LogP contribution in [0.1, 0.15) is 39.2 Å². The number of hydrogen-bond donors (Lipinski definition) is 3. The van der Waals surface area contributed by atoms with Gasteiger partial charge in [0.2, 0.25) is 11.9 Å². The Morgan fingerprint density at radius 3 is 2.46 bits per heavy atom. The summed E-state index contributed by atoms with van der Waals surface area (Å²) in [5.41, 5.74) is 1.24. The zero-order valence-corrected chi connectivity index (χ0v) is 16.6. The van der Waals surface area contributed by atoms with Crippen LogP contribution in [0.25, 0.3) is 0 Å². The Morgan fingerprint density at radius 1 is 1.18 bits per heavy atom. The number of carbonyl (C=O) groups is 1. The molecule has 0 aliphatic rings. The minimum Gasteiger partial charge on any atom is -0.333 e. The van der Waals surface area contributed by atoms with Crippen LogP contribution in [0.3, 0.4) is 0 Å². The summed E-state index contributed by atoms with van der Waals surface area (Å²) in [6.45, 7) is 7.78. The lowest BCUT2D eigenvalue weighted by atomic mass is 9.91. The summed E-state index contributed by atoms with van der Waals surface area (Å²) in [5.74, 6) is -0.212. The van der Waals surface area contributed by atoms with E-state index >= 15 is 0 Å². The zero-order valence-electron chi connectivity index (χ0n) is 16.6. The van der Waals surface area contributed by atoms with E-state index in [1.807, 2.05) is 70.3 Å². The van der Waals surface area contributed by atoms with E-state index < -0.39 is 6.17 Å². The molecule has 7 heteroatoms. The highest BCUT2D eigenvalue weighted by Crippen LogP contribution is 2.22. The molecule has 146 valence electrons. The van der Waals surface area contributed by atoms with Gasteiger partial charge in [-0.05, 0) is 24.6 Å². The Bertz CT molecular complexity index is 837. The number of nitrogens with one attached hydrogen (secondary N) is 3. The minimum atomic E-state index is -0.550. The average molecular weight is 378 g/mol. The third-order valence-corrected chi connectivity index (χ3v) is 4.15. The second-order valence-electron chi connectivity index (χ2n) is 7.49. The largest absolute Gasteiger partial charge is 0.333 e. The molecule has 0 fully saturated rings. The molecule has 0 saturated heterocycles. The van der Waals surface area contributed by atoms with Gasteiger partial charge in [-0.2, -0.15) is 5.26 Å². The van der Waals surface area contributed by atoms with Crippen LogP contribution in [0.5, 0.6) is 0 Å². The van der Waals surface area contributed by atoms with Gasteiger partial charge >= 0.3 is 0 Å². The fourth-order valence-electron chi connectivity index (χ4n) is 2.45. The van der Waals surface area contributed by atoms with Crippen molar-refractivity contribution in [2.75, 3.05) is 5.32 Å². The quantitative estimate of drug-likeness (QED) is 0.321. The molecular formula is C21H26N6O. The van der Waals surface area contributed by atoms with Crippen LogP contribution in [-0.4, -0.2) is 23.0 Å². The standard InChI is InChI=1S/C21H26N6O/c1-15(16-9-6-5-7-10-16)18(28)26-19(21(2,3)4)27-20(24-14-22)25-17-11-8-12-23-13-17/h5-13,15,19H,1-4H3,(H,26,28)(H2,24,25,27). The molecule has 28 heavy (non-hydrogen) atoms. The molecule has 0 saturated carbocycles. The number of carbonyl (C=O) groups excluding carboxylic acids is 1. The van der Waals surface area contributed by atoms with Crippen molar-refractivity contribution in [2.45, 2.75) is 39.8 Å². The van der Waals surface area contributed by atoms with Crippen LogP contribution >= 0.6 is 0 Å². The van der Waals surface area contributed by atoms with Crippen LogP contribution in [-0.2, 0) is 4.79 Å². The number of hydrogen-bond acceptors (Lipinski definition) is 4. The van der Waals surface area contributed by atoms with Gasteiger partial charge in [-0.1, -0.05) is 51.1 Å². The van der Waals surface area contributed by atoms with Crippen molar-refractivity contribution in [1.82, 2.24) is 15.6 Å². The van der Waals surface area contributed by atoms with Crippen LogP contribution in [0.15, 0.2) is 59.9 Å². The molecule has 1 heterocycles. The molecular weight excluding hydrogens is 352 g/mol. The first-order valence-corrected chi connectivity index (χ1v) is 9.06. The van der Waals surface area contributed by atoms with E-state index in [2.05, 4.69) is 25.9 Å². The van der Waals surface area contributed by atoms with Crippen molar-refractivity contribution in [1.29, 1.82) is 5.26 Å².